The van der Waals surface area contributed by atoms with Crippen LogP contribution in [-0.4, -0.2) is 54.2 Å². The van der Waals surface area contributed by atoms with Gasteiger partial charge in [-0.2, -0.15) is 0 Å². The van der Waals surface area contributed by atoms with Crippen molar-refractivity contribution in [1.29, 1.82) is 0 Å². The van der Waals surface area contributed by atoms with Crippen molar-refractivity contribution < 1.29 is 14.7 Å². The van der Waals surface area contributed by atoms with Crippen LogP contribution in [0.4, 0.5) is 4.79 Å². The van der Waals surface area contributed by atoms with Gasteiger partial charge >= 0.3 is 12.0 Å². The molecule has 0 aromatic heterocycles. The maximum absolute atomic E-state index is 12.2. The summed E-state index contributed by atoms with van der Waals surface area (Å²) >= 11 is 0. The summed E-state index contributed by atoms with van der Waals surface area (Å²) in [6.07, 6.45) is 0. The van der Waals surface area contributed by atoms with E-state index in [1.54, 1.807) is 27.7 Å². The molecule has 0 aliphatic carbocycles. The van der Waals surface area contributed by atoms with Crippen LogP contribution < -0.4 is 10.6 Å². The number of likely N-dealkylation sites (N-methyl/N-ethyl adjacent to an activating group) is 1. The highest BCUT2D eigenvalue weighted by Crippen LogP contribution is 2.30. The first kappa shape index (κ1) is 19.7. The predicted octanol–water partition coefficient (Wildman–Crippen LogP) is 1.76. The number of hydrogen-bond acceptors (Lipinski definition) is 3. The summed E-state index contributed by atoms with van der Waals surface area (Å²) in [5, 5.41) is 15.0. The fraction of sp³-hybridized carbons (Fsp3) is 0.867. The van der Waals surface area contributed by atoms with Gasteiger partial charge < -0.3 is 20.6 Å². The van der Waals surface area contributed by atoms with Crippen LogP contribution in [0.15, 0.2) is 0 Å². The number of nitrogens with one attached hydrogen (secondary N) is 2. The number of rotatable bonds is 7. The van der Waals surface area contributed by atoms with E-state index in [-0.39, 0.29) is 18.0 Å². The minimum Gasteiger partial charge on any atom is -0.481 e. The zero-order valence-electron chi connectivity index (χ0n) is 14.6. The number of urea groups is 1. The lowest BCUT2D eigenvalue weighted by Gasteiger charge is -2.39. The van der Waals surface area contributed by atoms with Gasteiger partial charge in [-0.05, 0) is 47.7 Å². The van der Waals surface area contributed by atoms with Crippen LogP contribution >= 0.6 is 0 Å². The summed E-state index contributed by atoms with van der Waals surface area (Å²) in [6, 6.07) is -0.335. The average Bonchev–Trinajstić information content (AvgIpc) is 2.25. The van der Waals surface area contributed by atoms with E-state index in [1.165, 1.54) is 0 Å². The van der Waals surface area contributed by atoms with Gasteiger partial charge in [0, 0.05) is 12.6 Å². The molecule has 2 amide bonds. The molecule has 0 saturated carbocycles. The van der Waals surface area contributed by atoms with Gasteiger partial charge in [0.2, 0.25) is 0 Å². The molecule has 0 rings (SSSR count). The van der Waals surface area contributed by atoms with Gasteiger partial charge in [-0.1, -0.05) is 13.8 Å². The quantitative estimate of drug-likeness (QED) is 0.669. The summed E-state index contributed by atoms with van der Waals surface area (Å²) in [4.78, 5) is 25.5. The summed E-state index contributed by atoms with van der Waals surface area (Å²) in [5.74, 6) is -0.657. The van der Waals surface area contributed by atoms with Crippen molar-refractivity contribution in [3.05, 3.63) is 0 Å². The highest BCUT2D eigenvalue weighted by atomic mass is 16.4. The molecule has 124 valence electrons. The normalized spacial score (nSPS) is 14.2. The van der Waals surface area contributed by atoms with E-state index in [2.05, 4.69) is 10.6 Å². The molecule has 0 aliphatic heterocycles. The van der Waals surface area contributed by atoms with Crippen molar-refractivity contribution in [3.8, 4) is 0 Å². The molecule has 1 unspecified atom stereocenters. The second kappa shape index (κ2) is 7.11. The maximum Gasteiger partial charge on any atom is 0.315 e. The van der Waals surface area contributed by atoms with Crippen molar-refractivity contribution in [2.75, 3.05) is 20.6 Å². The van der Waals surface area contributed by atoms with Gasteiger partial charge in [0.05, 0.1) is 11.0 Å². The molecule has 0 aliphatic rings. The van der Waals surface area contributed by atoms with Gasteiger partial charge in [0.15, 0.2) is 0 Å². The van der Waals surface area contributed by atoms with E-state index in [1.807, 2.05) is 32.8 Å². The van der Waals surface area contributed by atoms with Crippen LogP contribution in [0.2, 0.25) is 0 Å². The fourth-order valence-corrected chi connectivity index (χ4v) is 1.73. The molecule has 0 radical (unpaired) electrons. The Hall–Kier alpha value is -1.30. The van der Waals surface area contributed by atoms with Crippen molar-refractivity contribution >= 4 is 12.0 Å². The topological polar surface area (TPSA) is 81.7 Å². The van der Waals surface area contributed by atoms with Gasteiger partial charge in [0.25, 0.3) is 0 Å². The Kier molecular flexibility index (Phi) is 6.67. The second-order valence-corrected chi connectivity index (χ2v) is 7.27. The lowest BCUT2D eigenvalue weighted by molar-refractivity contribution is -0.150. The number of nitrogens with zero attached hydrogens (tertiary/aromatic N) is 1. The standard InChI is InChI=1S/C15H31N3O3/c1-10(2)11(9-18(7)8)16-13(21)17-15(5,6)14(3,4)12(19)20/h10-11H,9H2,1-8H3,(H,19,20)(H2,16,17,21). The van der Waals surface area contributed by atoms with E-state index in [0.717, 1.165) is 6.54 Å². The van der Waals surface area contributed by atoms with E-state index < -0.39 is 16.9 Å². The SMILES string of the molecule is CC(C)C(CN(C)C)NC(=O)NC(C)(C)C(C)(C)C(=O)O. The Morgan fingerprint density at radius 2 is 1.62 bits per heavy atom. The zero-order valence-corrected chi connectivity index (χ0v) is 14.6. The third kappa shape index (κ3) is 5.53. The molecule has 0 aromatic carbocycles. The number of amides is 2. The van der Waals surface area contributed by atoms with Crippen LogP contribution in [0.3, 0.4) is 0 Å². The van der Waals surface area contributed by atoms with Crippen molar-refractivity contribution in [2.45, 2.75) is 53.1 Å². The molecule has 3 N–H and O–H groups in total. The van der Waals surface area contributed by atoms with E-state index in [0.29, 0.717) is 0 Å². The first-order valence-corrected chi connectivity index (χ1v) is 7.28. The Morgan fingerprint density at radius 1 is 1.14 bits per heavy atom. The predicted molar refractivity (Wildman–Crippen MR) is 84.3 cm³/mol. The van der Waals surface area contributed by atoms with Gasteiger partial charge in [-0.3, -0.25) is 4.79 Å². The van der Waals surface area contributed by atoms with Crippen molar-refractivity contribution in [1.82, 2.24) is 15.5 Å². The highest BCUT2D eigenvalue weighted by Gasteiger charge is 2.44. The summed E-state index contributed by atoms with van der Waals surface area (Å²) in [5.41, 5.74) is -1.94. The third-order valence-electron chi connectivity index (χ3n) is 4.21. The maximum atomic E-state index is 12.2. The minimum absolute atomic E-state index is 0.00346. The smallest absolute Gasteiger partial charge is 0.315 e. The number of carbonyl (C=O) groups excluding carboxylic acids is 1. The number of carbonyl (C=O) groups is 2. The number of carboxylic acids is 1. The molecule has 0 heterocycles. The number of hydrogen-bond donors (Lipinski definition) is 3. The largest absolute Gasteiger partial charge is 0.481 e. The van der Waals surface area contributed by atoms with Crippen LogP contribution in [-0.2, 0) is 4.79 Å². The first-order chi connectivity index (χ1) is 9.31. The molecule has 0 saturated heterocycles. The monoisotopic (exact) mass is 301 g/mol. The molecule has 0 aromatic rings. The number of aliphatic carboxylic acids is 1. The molecular formula is C15H31N3O3. The Balaban J connectivity index is 4.85. The van der Waals surface area contributed by atoms with Crippen LogP contribution in [0, 0.1) is 11.3 Å². The highest BCUT2D eigenvalue weighted by molar-refractivity contribution is 5.79. The summed E-state index contributed by atoms with van der Waals surface area (Å²) in [7, 11) is 3.90. The molecular weight excluding hydrogens is 270 g/mol. The van der Waals surface area contributed by atoms with E-state index in [4.69, 9.17) is 0 Å². The van der Waals surface area contributed by atoms with Gasteiger partial charge in [-0.15, -0.1) is 0 Å². The molecule has 0 fully saturated rings. The van der Waals surface area contributed by atoms with Gasteiger partial charge in [-0.25, -0.2) is 4.79 Å². The molecule has 0 spiro atoms. The Bertz CT molecular complexity index is 376. The van der Waals surface area contributed by atoms with Crippen LogP contribution in [0.5, 0.6) is 0 Å². The van der Waals surface area contributed by atoms with Crippen molar-refractivity contribution in [3.63, 3.8) is 0 Å². The van der Waals surface area contributed by atoms with E-state index >= 15 is 0 Å². The minimum atomic E-state index is -1.07. The van der Waals surface area contributed by atoms with Crippen LogP contribution in [0.1, 0.15) is 41.5 Å². The average molecular weight is 301 g/mol. The van der Waals surface area contributed by atoms with Gasteiger partial charge in [0.1, 0.15) is 0 Å². The zero-order chi connectivity index (χ0) is 17.0. The molecule has 1 atom stereocenters. The molecule has 6 heteroatoms. The Morgan fingerprint density at radius 3 is 1.95 bits per heavy atom. The summed E-state index contributed by atoms with van der Waals surface area (Å²) < 4.78 is 0. The lowest BCUT2D eigenvalue weighted by Crippen LogP contribution is -2.61. The second-order valence-electron chi connectivity index (χ2n) is 7.27. The van der Waals surface area contributed by atoms with Crippen LogP contribution in [0.25, 0.3) is 0 Å². The van der Waals surface area contributed by atoms with Crippen molar-refractivity contribution in [2.24, 2.45) is 11.3 Å². The first-order valence-electron chi connectivity index (χ1n) is 7.28. The Labute approximate surface area is 128 Å². The molecule has 21 heavy (non-hydrogen) atoms. The lowest BCUT2D eigenvalue weighted by atomic mass is 9.74. The van der Waals surface area contributed by atoms with E-state index in [9.17, 15) is 14.7 Å². The molecule has 0 bridgehead atoms. The summed E-state index contributed by atoms with van der Waals surface area (Å²) in [6.45, 7) is 11.5. The third-order valence-corrected chi connectivity index (χ3v) is 4.21. The fourth-order valence-electron chi connectivity index (χ4n) is 1.73. The number of carboxylic acid groups (broad SMARTS) is 1. The molecule has 6 nitrogen and oxygen atoms in total.